The van der Waals surface area contributed by atoms with Gasteiger partial charge in [0.15, 0.2) is 5.58 Å². The fraction of sp³-hybridized carbons (Fsp3) is 0. The highest BCUT2D eigenvalue weighted by molar-refractivity contribution is 6.30. The van der Waals surface area contributed by atoms with E-state index in [1.807, 2.05) is 66.7 Å². The number of phenols is 1. The van der Waals surface area contributed by atoms with Crippen LogP contribution in [0.1, 0.15) is 0 Å². The van der Waals surface area contributed by atoms with Gasteiger partial charge in [0.1, 0.15) is 16.8 Å². The van der Waals surface area contributed by atoms with Crippen LogP contribution in [-0.4, -0.2) is 10.1 Å². The number of rotatable bonds is 2. The number of phenolic OH excluding ortho intramolecular Hbond substituents is 1. The summed E-state index contributed by atoms with van der Waals surface area (Å²) in [6, 6.07) is 24.6. The van der Waals surface area contributed by atoms with Crippen LogP contribution in [0.2, 0.25) is 5.02 Å². The maximum Gasteiger partial charge on any atom is 0.161 e. The number of hydrogen-bond donors (Lipinski definition) is 1. The molecular weight excluding hydrogens is 358 g/mol. The molecular formula is C23H14ClNO2. The van der Waals surface area contributed by atoms with Crippen molar-refractivity contribution in [2.45, 2.75) is 0 Å². The molecule has 5 rings (SSSR count). The molecule has 5 aromatic rings. The monoisotopic (exact) mass is 371 g/mol. The highest BCUT2D eigenvalue weighted by atomic mass is 35.5. The van der Waals surface area contributed by atoms with Crippen molar-refractivity contribution in [2.24, 2.45) is 0 Å². The zero-order valence-electron chi connectivity index (χ0n) is 14.2. The molecule has 1 N–H and O–H groups in total. The highest BCUT2D eigenvalue weighted by Crippen LogP contribution is 2.38. The lowest BCUT2D eigenvalue weighted by atomic mass is 10.0. The van der Waals surface area contributed by atoms with Gasteiger partial charge in [-0.2, -0.15) is 0 Å². The molecule has 4 heteroatoms. The number of aromatic hydroxyl groups is 1. The maximum absolute atomic E-state index is 9.94. The molecule has 0 unspecified atom stereocenters. The number of para-hydroxylation sites is 1. The normalized spacial score (nSPS) is 11.3. The van der Waals surface area contributed by atoms with Gasteiger partial charge in [-0.05, 0) is 48.0 Å². The van der Waals surface area contributed by atoms with Gasteiger partial charge in [0.25, 0.3) is 0 Å². The fourth-order valence-electron chi connectivity index (χ4n) is 3.34. The highest BCUT2D eigenvalue weighted by Gasteiger charge is 2.16. The fourth-order valence-corrected chi connectivity index (χ4v) is 3.46. The van der Waals surface area contributed by atoms with Crippen LogP contribution in [0.15, 0.2) is 83.3 Å². The molecule has 2 heterocycles. The third kappa shape index (κ3) is 2.73. The summed E-state index contributed by atoms with van der Waals surface area (Å²) < 4.78 is 6.12. The van der Waals surface area contributed by atoms with E-state index in [9.17, 15) is 5.11 Å². The van der Waals surface area contributed by atoms with Gasteiger partial charge in [-0.15, -0.1) is 0 Å². The summed E-state index contributed by atoms with van der Waals surface area (Å²) in [7, 11) is 0. The maximum atomic E-state index is 9.94. The van der Waals surface area contributed by atoms with E-state index in [4.69, 9.17) is 21.0 Å². The number of halogens is 1. The van der Waals surface area contributed by atoms with E-state index in [1.54, 1.807) is 12.1 Å². The van der Waals surface area contributed by atoms with Gasteiger partial charge in [0.05, 0.1) is 5.69 Å². The van der Waals surface area contributed by atoms with E-state index in [2.05, 4.69) is 0 Å². The minimum absolute atomic E-state index is 0.210. The molecule has 27 heavy (non-hydrogen) atoms. The van der Waals surface area contributed by atoms with E-state index in [-0.39, 0.29) is 5.75 Å². The molecule has 0 atom stereocenters. The van der Waals surface area contributed by atoms with Crippen LogP contribution in [0.3, 0.4) is 0 Å². The molecule has 0 aliphatic rings. The van der Waals surface area contributed by atoms with E-state index in [0.29, 0.717) is 10.6 Å². The topological polar surface area (TPSA) is 46.3 Å². The average Bonchev–Trinajstić information content (AvgIpc) is 3.06. The van der Waals surface area contributed by atoms with Gasteiger partial charge in [0, 0.05) is 21.5 Å². The van der Waals surface area contributed by atoms with Crippen LogP contribution >= 0.6 is 11.6 Å². The predicted octanol–water partition coefficient (Wildman–Crippen LogP) is 6.67. The number of pyridine rings is 1. The Morgan fingerprint density at radius 1 is 0.815 bits per heavy atom. The van der Waals surface area contributed by atoms with Gasteiger partial charge < -0.3 is 9.52 Å². The minimum atomic E-state index is 0.210. The summed E-state index contributed by atoms with van der Waals surface area (Å²) in [6.45, 7) is 0. The van der Waals surface area contributed by atoms with Crippen LogP contribution < -0.4 is 0 Å². The Hall–Kier alpha value is -3.30. The van der Waals surface area contributed by atoms with E-state index in [0.717, 1.165) is 38.9 Å². The van der Waals surface area contributed by atoms with E-state index < -0.39 is 0 Å². The Morgan fingerprint density at radius 2 is 1.63 bits per heavy atom. The lowest BCUT2D eigenvalue weighted by Gasteiger charge is -2.08. The van der Waals surface area contributed by atoms with Gasteiger partial charge >= 0.3 is 0 Å². The van der Waals surface area contributed by atoms with Crippen molar-refractivity contribution in [3.8, 4) is 28.1 Å². The number of nitrogens with zero attached hydrogens (tertiary/aromatic N) is 1. The molecule has 3 nitrogen and oxygen atoms in total. The smallest absolute Gasteiger partial charge is 0.161 e. The summed E-state index contributed by atoms with van der Waals surface area (Å²) in [4.78, 5) is 4.87. The van der Waals surface area contributed by atoms with E-state index in [1.165, 1.54) is 0 Å². The van der Waals surface area contributed by atoms with Gasteiger partial charge in [-0.25, -0.2) is 4.98 Å². The third-order valence-electron chi connectivity index (χ3n) is 4.62. The Kier molecular flexibility index (Phi) is 3.62. The summed E-state index contributed by atoms with van der Waals surface area (Å²) in [5.74, 6) is 0.210. The molecule has 0 saturated heterocycles. The second-order valence-corrected chi connectivity index (χ2v) is 6.82. The van der Waals surface area contributed by atoms with Crippen LogP contribution in [0.25, 0.3) is 44.5 Å². The standard InChI is InChI=1S/C23H14ClNO2/c24-16-10-8-14(9-11-16)20-13-19(15-4-3-5-17(26)12-15)23-22(25-20)18-6-1-2-7-21(18)27-23/h1-13,26H. The molecule has 0 radical (unpaired) electrons. The van der Waals surface area contributed by atoms with Crippen molar-refractivity contribution in [1.29, 1.82) is 0 Å². The zero-order chi connectivity index (χ0) is 18.4. The van der Waals surface area contributed by atoms with Crippen LogP contribution in [0.5, 0.6) is 5.75 Å². The Labute approximate surface area is 160 Å². The first-order chi connectivity index (χ1) is 13.2. The Balaban J connectivity index is 1.87. The number of benzene rings is 3. The van der Waals surface area contributed by atoms with Gasteiger partial charge in [-0.1, -0.05) is 48.0 Å². The quantitative estimate of drug-likeness (QED) is 0.376. The first-order valence-electron chi connectivity index (χ1n) is 8.57. The van der Waals surface area contributed by atoms with Gasteiger partial charge in [0.2, 0.25) is 0 Å². The molecule has 0 amide bonds. The SMILES string of the molecule is Oc1cccc(-c2cc(-c3ccc(Cl)cc3)nc3c2oc2ccccc23)c1. The summed E-state index contributed by atoms with van der Waals surface area (Å²) in [6.07, 6.45) is 0. The van der Waals surface area contributed by atoms with Crippen molar-refractivity contribution < 1.29 is 9.52 Å². The first-order valence-corrected chi connectivity index (χ1v) is 8.94. The Bertz CT molecular complexity index is 1290. The number of fused-ring (bicyclic) bond motifs is 3. The summed E-state index contributed by atoms with van der Waals surface area (Å²) in [5.41, 5.74) is 5.84. The molecule has 0 spiro atoms. The molecule has 0 bridgehead atoms. The number of furan rings is 1. The summed E-state index contributed by atoms with van der Waals surface area (Å²) in [5, 5.41) is 11.6. The predicted molar refractivity (Wildman–Crippen MR) is 109 cm³/mol. The first kappa shape index (κ1) is 15.9. The molecule has 0 aliphatic carbocycles. The molecule has 2 aromatic heterocycles. The molecule has 130 valence electrons. The van der Waals surface area contributed by atoms with Crippen molar-refractivity contribution >= 4 is 33.7 Å². The lowest BCUT2D eigenvalue weighted by molar-refractivity contribution is 0.475. The Morgan fingerprint density at radius 3 is 2.44 bits per heavy atom. The van der Waals surface area contributed by atoms with E-state index >= 15 is 0 Å². The third-order valence-corrected chi connectivity index (χ3v) is 4.88. The van der Waals surface area contributed by atoms with Crippen LogP contribution in [0.4, 0.5) is 0 Å². The molecule has 0 aliphatic heterocycles. The zero-order valence-corrected chi connectivity index (χ0v) is 14.9. The van der Waals surface area contributed by atoms with Crippen molar-refractivity contribution in [3.63, 3.8) is 0 Å². The van der Waals surface area contributed by atoms with Crippen LogP contribution in [-0.2, 0) is 0 Å². The largest absolute Gasteiger partial charge is 0.508 e. The summed E-state index contributed by atoms with van der Waals surface area (Å²) >= 11 is 6.04. The second kappa shape index (κ2) is 6.15. The van der Waals surface area contributed by atoms with Gasteiger partial charge in [-0.3, -0.25) is 0 Å². The lowest BCUT2D eigenvalue weighted by Crippen LogP contribution is -1.88. The average molecular weight is 372 g/mol. The molecule has 0 saturated carbocycles. The number of aromatic nitrogens is 1. The number of hydrogen-bond acceptors (Lipinski definition) is 3. The van der Waals surface area contributed by atoms with Crippen molar-refractivity contribution in [1.82, 2.24) is 4.98 Å². The second-order valence-electron chi connectivity index (χ2n) is 6.39. The molecule has 0 fully saturated rings. The minimum Gasteiger partial charge on any atom is -0.508 e. The van der Waals surface area contributed by atoms with Crippen LogP contribution in [0, 0.1) is 0 Å². The molecule has 3 aromatic carbocycles. The van der Waals surface area contributed by atoms with Crippen molar-refractivity contribution in [3.05, 3.63) is 83.9 Å². The van der Waals surface area contributed by atoms with Crippen molar-refractivity contribution in [2.75, 3.05) is 0 Å².